The smallest absolute Gasteiger partial charge is 0.509 e. The molecule has 0 spiro atoms. The Balaban J connectivity index is 0.00000401. The van der Waals surface area contributed by atoms with Gasteiger partial charge in [0.2, 0.25) is 0 Å². The average Bonchev–Trinajstić information content (AvgIpc) is 3.67. The standard InChI is InChI=1S/C42H40N4O.Pt/c1-25(2)31-15-16-43-41(20-31)46-39-12-10-9-11-37(39)38-14-13-35(22-40(38)46)47-36-19-32(26(3)4)18-34(21-36)45-24-33(23-44-45)42-29(7)27(5)17-28(6)30(42)8;/h9-20,23-26H,1-8H3;/q-2;+2. The van der Waals surface area contributed by atoms with Gasteiger partial charge in [0.05, 0.1) is 6.20 Å². The van der Waals surface area contributed by atoms with Crippen molar-refractivity contribution in [1.82, 2.24) is 19.3 Å². The van der Waals surface area contributed by atoms with Crippen LogP contribution in [0.2, 0.25) is 0 Å². The predicted molar refractivity (Wildman–Crippen MR) is 192 cm³/mol. The Hall–Kier alpha value is -4.47. The van der Waals surface area contributed by atoms with Crippen molar-refractivity contribution in [1.29, 1.82) is 0 Å². The fraction of sp³-hybridized carbons (Fsp3) is 0.238. The van der Waals surface area contributed by atoms with Gasteiger partial charge in [0.1, 0.15) is 5.82 Å². The van der Waals surface area contributed by atoms with Crippen LogP contribution in [0.5, 0.6) is 11.5 Å². The summed E-state index contributed by atoms with van der Waals surface area (Å²) in [6, 6.07) is 30.4. The Morgan fingerprint density at radius 2 is 1.46 bits per heavy atom. The molecule has 0 N–H and O–H groups in total. The molecule has 0 saturated carbocycles. The Kier molecular flexibility index (Phi) is 9.20. The molecule has 7 rings (SSSR count). The third kappa shape index (κ3) is 6.01. The SMILES string of the molecule is Cc1cc(C)c(C)c(-c2cnn(-c3[c-]c(Oc4[c-]c5c(cc4)c4ccccc4n5-c4cc(C(C)C)ccn4)cc(C(C)C)c3)c2)c1C.[Pt+2]. The number of benzene rings is 4. The molecule has 3 heterocycles. The van der Waals surface area contributed by atoms with Crippen LogP contribution in [0.15, 0.2) is 85.3 Å². The van der Waals surface area contributed by atoms with Gasteiger partial charge in [-0.15, -0.1) is 41.3 Å². The molecule has 0 saturated heterocycles. The van der Waals surface area contributed by atoms with E-state index in [9.17, 15) is 0 Å². The summed E-state index contributed by atoms with van der Waals surface area (Å²) in [5, 5.41) is 7.05. The molecule has 0 atom stereocenters. The molecular formula is C42H40N4OPt. The minimum absolute atomic E-state index is 0. The summed E-state index contributed by atoms with van der Waals surface area (Å²) < 4.78 is 10.7. The Labute approximate surface area is 297 Å². The van der Waals surface area contributed by atoms with Crippen molar-refractivity contribution in [2.45, 2.75) is 67.2 Å². The van der Waals surface area contributed by atoms with E-state index < -0.39 is 0 Å². The first-order valence-corrected chi connectivity index (χ1v) is 16.4. The molecule has 0 amide bonds. The number of aromatic nitrogens is 4. The molecule has 0 aliphatic rings. The van der Waals surface area contributed by atoms with Gasteiger partial charge in [0, 0.05) is 35.0 Å². The average molecular weight is 812 g/mol. The molecule has 244 valence electrons. The minimum Gasteiger partial charge on any atom is -0.509 e. The number of hydrogen-bond acceptors (Lipinski definition) is 3. The molecule has 0 unspecified atom stereocenters. The Morgan fingerprint density at radius 3 is 2.19 bits per heavy atom. The molecule has 7 aromatic rings. The van der Waals surface area contributed by atoms with E-state index in [-0.39, 0.29) is 27.0 Å². The van der Waals surface area contributed by atoms with E-state index in [1.165, 1.54) is 33.4 Å². The van der Waals surface area contributed by atoms with Gasteiger partial charge < -0.3 is 9.30 Å². The van der Waals surface area contributed by atoms with Crippen molar-refractivity contribution >= 4 is 21.8 Å². The Bertz CT molecular complexity index is 2270. The molecular weight excluding hydrogens is 772 g/mol. The zero-order valence-electron chi connectivity index (χ0n) is 28.8. The van der Waals surface area contributed by atoms with Crippen molar-refractivity contribution < 1.29 is 25.8 Å². The topological polar surface area (TPSA) is 44.9 Å². The first-order chi connectivity index (χ1) is 22.6. The second kappa shape index (κ2) is 13.2. The van der Waals surface area contributed by atoms with Crippen molar-refractivity contribution in [2.24, 2.45) is 0 Å². The zero-order valence-corrected chi connectivity index (χ0v) is 31.0. The molecule has 4 aromatic carbocycles. The number of pyridine rings is 1. The second-order valence-electron chi connectivity index (χ2n) is 13.3. The molecule has 5 nitrogen and oxygen atoms in total. The zero-order chi connectivity index (χ0) is 33.0. The van der Waals surface area contributed by atoms with Crippen molar-refractivity contribution in [3.8, 4) is 34.1 Å². The summed E-state index contributed by atoms with van der Waals surface area (Å²) in [6.45, 7) is 17.5. The monoisotopic (exact) mass is 811 g/mol. The van der Waals surface area contributed by atoms with Crippen LogP contribution < -0.4 is 4.74 Å². The van der Waals surface area contributed by atoms with E-state index in [0.717, 1.165) is 44.4 Å². The quantitative estimate of drug-likeness (QED) is 0.151. The van der Waals surface area contributed by atoms with Crippen LogP contribution in [0, 0.1) is 39.8 Å². The van der Waals surface area contributed by atoms with Crippen LogP contribution in [0.25, 0.3) is 44.4 Å². The van der Waals surface area contributed by atoms with Gasteiger partial charge in [-0.2, -0.15) is 11.2 Å². The molecule has 0 fully saturated rings. The molecule has 0 aliphatic carbocycles. The molecule has 0 bridgehead atoms. The normalized spacial score (nSPS) is 11.5. The van der Waals surface area contributed by atoms with Gasteiger partial charge in [0.25, 0.3) is 0 Å². The summed E-state index contributed by atoms with van der Waals surface area (Å²) in [5.41, 5.74) is 12.7. The maximum atomic E-state index is 6.56. The van der Waals surface area contributed by atoms with Crippen LogP contribution >= 0.6 is 0 Å². The summed E-state index contributed by atoms with van der Waals surface area (Å²) in [5.74, 6) is 2.80. The number of hydrogen-bond donors (Lipinski definition) is 0. The van der Waals surface area contributed by atoms with Gasteiger partial charge in [-0.3, -0.25) is 4.68 Å². The van der Waals surface area contributed by atoms with Crippen molar-refractivity contribution in [3.05, 3.63) is 131 Å². The number of rotatable bonds is 7. The third-order valence-electron chi connectivity index (χ3n) is 9.45. The van der Waals surface area contributed by atoms with Gasteiger partial charge in [-0.1, -0.05) is 57.5 Å². The van der Waals surface area contributed by atoms with E-state index in [1.807, 2.05) is 23.1 Å². The number of fused-ring (bicyclic) bond motifs is 3. The largest absolute Gasteiger partial charge is 2.00 e. The number of ether oxygens (including phenoxy) is 1. The number of nitrogens with zero attached hydrogens (tertiary/aromatic N) is 4. The Morgan fingerprint density at radius 1 is 0.729 bits per heavy atom. The van der Waals surface area contributed by atoms with Crippen LogP contribution in [0.4, 0.5) is 0 Å². The van der Waals surface area contributed by atoms with Gasteiger partial charge in [-0.25, -0.2) is 4.98 Å². The van der Waals surface area contributed by atoms with E-state index in [0.29, 0.717) is 17.4 Å². The van der Waals surface area contributed by atoms with Crippen LogP contribution in [0.3, 0.4) is 0 Å². The summed E-state index contributed by atoms with van der Waals surface area (Å²) in [6.07, 6.45) is 5.94. The second-order valence-corrected chi connectivity index (χ2v) is 13.3. The fourth-order valence-corrected chi connectivity index (χ4v) is 6.50. The summed E-state index contributed by atoms with van der Waals surface area (Å²) >= 11 is 0. The van der Waals surface area contributed by atoms with E-state index in [1.54, 1.807) is 0 Å². The molecule has 48 heavy (non-hydrogen) atoms. The molecule has 3 aromatic heterocycles. The van der Waals surface area contributed by atoms with Crippen molar-refractivity contribution in [3.63, 3.8) is 0 Å². The maximum absolute atomic E-state index is 6.56. The first kappa shape index (κ1) is 33.4. The predicted octanol–water partition coefficient (Wildman–Crippen LogP) is 10.9. The number of aryl methyl sites for hydroxylation is 2. The van der Waals surface area contributed by atoms with E-state index in [2.05, 4.69) is 139 Å². The van der Waals surface area contributed by atoms with Crippen LogP contribution in [-0.4, -0.2) is 19.3 Å². The van der Waals surface area contributed by atoms with Gasteiger partial charge in [-0.05, 0) is 102 Å². The fourth-order valence-electron chi connectivity index (χ4n) is 6.50. The summed E-state index contributed by atoms with van der Waals surface area (Å²) in [4.78, 5) is 4.78. The number of para-hydroxylation sites is 1. The van der Waals surface area contributed by atoms with E-state index in [4.69, 9.17) is 14.8 Å². The van der Waals surface area contributed by atoms with E-state index >= 15 is 0 Å². The van der Waals surface area contributed by atoms with Crippen molar-refractivity contribution in [2.75, 3.05) is 0 Å². The molecule has 0 aliphatic heterocycles. The molecule has 0 radical (unpaired) electrons. The van der Waals surface area contributed by atoms with Gasteiger partial charge in [0.15, 0.2) is 0 Å². The van der Waals surface area contributed by atoms with Gasteiger partial charge >= 0.3 is 21.1 Å². The maximum Gasteiger partial charge on any atom is 2.00 e. The van der Waals surface area contributed by atoms with Crippen LogP contribution in [-0.2, 0) is 21.1 Å². The third-order valence-corrected chi connectivity index (χ3v) is 9.45. The first-order valence-electron chi connectivity index (χ1n) is 16.4. The van der Waals surface area contributed by atoms with Crippen LogP contribution in [0.1, 0.15) is 72.9 Å². The molecule has 6 heteroatoms. The minimum atomic E-state index is 0. The summed E-state index contributed by atoms with van der Waals surface area (Å²) in [7, 11) is 0.